The van der Waals surface area contributed by atoms with Crippen molar-refractivity contribution in [3.8, 4) is 0 Å². The van der Waals surface area contributed by atoms with Gasteiger partial charge in [-0.2, -0.15) is 0 Å². The van der Waals surface area contributed by atoms with Gasteiger partial charge in [0.1, 0.15) is 6.10 Å². The molecule has 4 heteroatoms. The smallest absolute Gasteiger partial charge is 0.178 e. The van der Waals surface area contributed by atoms with E-state index >= 15 is 0 Å². The van der Waals surface area contributed by atoms with Crippen molar-refractivity contribution in [1.29, 1.82) is 0 Å². The molecular formula is C9H17ClO3. The fraction of sp³-hybridized carbons (Fsp3) is 0.889. The molecule has 0 aromatic rings. The highest BCUT2D eigenvalue weighted by atomic mass is 35.5. The molecule has 0 aliphatic carbocycles. The average Bonchev–Trinajstić information content (AvgIpc) is 2.13. The molecule has 0 heterocycles. The molecule has 0 rings (SSSR count). The first kappa shape index (κ1) is 12.9. The van der Waals surface area contributed by atoms with Crippen LogP contribution in [0.5, 0.6) is 0 Å². The third-order valence-electron chi connectivity index (χ3n) is 1.65. The molecule has 0 unspecified atom stereocenters. The van der Waals surface area contributed by atoms with E-state index in [2.05, 4.69) is 0 Å². The Bertz CT molecular complexity index is 150. The number of halogens is 1. The maximum Gasteiger partial charge on any atom is 0.178 e. The summed E-state index contributed by atoms with van der Waals surface area (Å²) >= 11 is 5.44. The normalized spacial score (nSPS) is 15.4. The number of hydrogen-bond donors (Lipinski definition) is 0. The van der Waals surface area contributed by atoms with E-state index in [1.54, 1.807) is 0 Å². The Labute approximate surface area is 84.4 Å². The summed E-state index contributed by atoms with van der Waals surface area (Å²) < 4.78 is 10.5. The van der Waals surface area contributed by atoms with Crippen molar-refractivity contribution in [2.75, 3.05) is 19.1 Å². The van der Waals surface area contributed by atoms with Gasteiger partial charge in [0, 0.05) is 13.2 Å². The first-order valence-corrected chi connectivity index (χ1v) is 5.02. The standard InChI is InChI=1S/C9H17ClO3/c1-4-12-7(3)9(13-5-2)8(11)6-10/h7,9H,4-6H2,1-3H3/t7-,9-/m0/s1. The first-order valence-electron chi connectivity index (χ1n) is 4.49. The highest BCUT2D eigenvalue weighted by Gasteiger charge is 2.24. The van der Waals surface area contributed by atoms with E-state index in [0.717, 1.165) is 0 Å². The zero-order chi connectivity index (χ0) is 10.3. The summed E-state index contributed by atoms with van der Waals surface area (Å²) in [6.07, 6.45) is -0.751. The van der Waals surface area contributed by atoms with Crippen molar-refractivity contribution in [1.82, 2.24) is 0 Å². The van der Waals surface area contributed by atoms with E-state index in [-0.39, 0.29) is 17.8 Å². The number of ketones is 1. The predicted molar refractivity (Wildman–Crippen MR) is 52.2 cm³/mol. The number of Topliss-reactive ketones (excluding diaryl/α,β-unsaturated/α-hetero) is 1. The Morgan fingerprint density at radius 1 is 1.31 bits per heavy atom. The second kappa shape index (κ2) is 7.30. The van der Waals surface area contributed by atoms with Crippen LogP contribution in [-0.2, 0) is 14.3 Å². The number of ether oxygens (including phenoxy) is 2. The molecule has 0 saturated heterocycles. The second-order valence-corrected chi connectivity index (χ2v) is 2.90. The molecule has 0 radical (unpaired) electrons. The van der Waals surface area contributed by atoms with Crippen molar-refractivity contribution in [3.05, 3.63) is 0 Å². The van der Waals surface area contributed by atoms with Crippen LogP contribution in [0.4, 0.5) is 0 Å². The van der Waals surface area contributed by atoms with Crippen LogP contribution < -0.4 is 0 Å². The van der Waals surface area contributed by atoms with Gasteiger partial charge in [-0.25, -0.2) is 0 Å². The van der Waals surface area contributed by atoms with Gasteiger partial charge in [-0.05, 0) is 20.8 Å². The molecule has 0 fully saturated rings. The number of rotatable bonds is 7. The van der Waals surface area contributed by atoms with Gasteiger partial charge in [0.2, 0.25) is 0 Å². The second-order valence-electron chi connectivity index (χ2n) is 2.64. The maximum absolute atomic E-state index is 11.3. The van der Waals surface area contributed by atoms with Crippen LogP contribution in [0.15, 0.2) is 0 Å². The molecule has 0 N–H and O–H groups in total. The van der Waals surface area contributed by atoms with Gasteiger partial charge in [-0.1, -0.05) is 0 Å². The van der Waals surface area contributed by atoms with Crippen LogP contribution in [0, 0.1) is 0 Å². The predicted octanol–water partition coefficient (Wildman–Crippen LogP) is 1.62. The van der Waals surface area contributed by atoms with Gasteiger partial charge in [-0.3, -0.25) is 4.79 Å². The zero-order valence-corrected chi connectivity index (χ0v) is 9.13. The molecular weight excluding hydrogens is 192 g/mol. The van der Waals surface area contributed by atoms with E-state index in [0.29, 0.717) is 13.2 Å². The number of hydrogen-bond acceptors (Lipinski definition) is 3. The van der Waals surface area contributed by atoms with Crippen molar-refractivity contribution in [3.63, 3.8) is 0 Å². The van der Waals surface area contributed by atoms with Gasteiger partial charge in [0.05, 0.1) is 12.0 Å². The lowest BCUT2D eigenvalue weighted by Gasteiger charge is -2.21. The van der Waals surface area contributed by atoms with Gasteiger partial charge in [0.25, 0.3) is 0 Å². The van der Waals surface area contributed by atoms with E-state index in [9.17, 15) is 4.79 Å². The Hall–Kier alpha value is -0.120. The van der Waals surface area contributed by atoms with Gasteiger partial charge in [-0.15, -0.1) is 11.6 Å². The minimum absolute atomic E-state index is 0.0257. The molecule has 0 aliphatic rings. The Morgan fingerprint density at radius 2 is 1.85 bits per heavy atom. The summed E-state index contributed by atoms with van der Waals surface area (Å²) in [5, 5.41) is 0. The van der Waals surface area contributed by atoms with E-state index in [4.69, 9.17) is 21.1 Å². The molecule has 0 spiro atoms. The van der Waals surface area contributed by atoms with E-state index in [1.165, 1.54) is 0 Å². The van der Waals surface area contributed by atoms with Crippen molar-refractivity contribution in [2.24, 2.45) is 0 Å². The van der Waals surface area contributed by atoms with Gasteiger partial charge in [0.15, 0.2) is 5.78 Å². The molecule has 0 aromatic carbocycles. The van der Waals surface area contributed by atoms with E-state index in [1.807, 2.05) is 20.8 Å². The lowest BCUT2D eigenvalue weighted by Crippen LogP contribution is -2.37. The third-order valence-corrected chi connectivity index (χ3v) is 1.91. The van der Waals surface area contributed by atoms with Crippen LogP contribution in [0.25, 0.3) is 0 Å². The maximum atomic E-state index is 11.3. The van der Waals surface area contributed by atoms with Crippen LogP contribution in [0.1, 0.15) is 20.8 Å². The van der Waals surface area contributed by atoms with Crippen molar-refractivity contribution >= 4 is 17.4 Å². The molecule has 0 aromatic heterocycles. The summed E-state index contributed by atoms with van der Waals surface area (Å²) in [5.41, 5.74) is 0. The average molecular weight is 209 g/mol. The summed E-state index contributed by atoms with van der Waals surface area (Å²) in [5.74, 6) is -0.147. The van der Waals surface area contributed by atoms with Gasteiger partial charge >= 0.3 is 0 Å². The molecule has 3 nitrogen and oxygen atoms in total. The van der Waals surface area contributed by atoms with Crippen molar-refractivity contribution < 1.29 is 14.3 Å². The third kappa shape index (κ3) is 4.60. The van der Waals surface area contributed by atoms with Crippen LogP contribution >= 0.6 is 11.6 Å². The fourth-order valence-corrected chi connectivity index (χ4v) is 1.25. The van der Waals surface area contributed by atoms with Gasteiger partial charge < -0.3 is 9.47 Å². The summed E-state index contributed by atoms with van der Waals surface area (Å²) in [6, 6.07) is 0. The lowest BCUT2D eigenvalue weighted by atomic mass is 10.1. The SMILES string of the molecule is CCO[C@@H](C)[C@H](OCC)C(=O)CCl. The Morgan fingerprint density at radius 3 is 2.23 bits per heavy atom. The molecule has 2 atom stereocenters. The Balaban J connectivity index is 4.13. The highest BCUT2D eigenvalue weighted by Crippen LogP contribution is 2.06. The minimum atomic E-state index is -0.526. The van der Waals surface area contributed by atoms with Crippen LogP contribution in [0.3, 0.4) is 0 Å². The molecule has 0 saturated carbocycles. The highest BCUT2D eigenvalue weighted by molar-refractivity contribution is 6.28. The monoisotopic (exact) mass is 208 g/mol. The topological polar surface area (TPSA) is 35.5 Å². The van der Waals surface area contributed by atoms with Crippen LogP contribution in [0.2, 0.25) is 0 Å². The van der Waals surface area contributed by atoms with Crippen LogP contribution in [-0.4, -0.2) is 37.1 Å². The summed E-state index contributed by atoms with van der Waals surface area (Å²) in [7, 11) is 0. The molecule has 0 aliphatic heterocycles. The Kier molecular flexibility index (Phi) is 7.23. The molecule has 0 amide bonds. The number of alkyl halides is 1. The zero-order valence-electron chi connectivity index (χ0n) is 8.38. The summed E-state index contributed by atoms with van der Waals surface area (Å²) in [4.78, 5) is 11.3. The van der Waals surface area contributed by atoms with Crippen molar-refractivity contribution in [2.45, 2.75) is 33.0 Å². The number of carbonyl (C=O) groups excluding carboxylic acids is 1. The molecule has 13 heavy (non-hydrogen) atoms. The molecule has 78 valence electrons. The fourth-order valence-electron chi connectivity index (χ4n) is 1.10. The minimum Gasteiger partial charge on any atom is -0.376 e. The molecule has 0 bridgehead atoms. The largest absolute Gasteiger partial charge is 0.376 e. The number of carbonyl (C=O) groups is 1. The quantitative estimate of drug-likeness (QED) is 0.597. The summed E-state index contributed by atoms with van der Waals surface area (Å²) in [6.45, 7) is 6.59. The van der Waals surface area contributed by atoms with E-state index < -0.39 is 6.10 Å². The lowest BCUT2D eigenvalue weighted by molar-refractivity contribution is -0.137. The first-order chi connectivity index (χ1) is 6.17.